The lowest BCUT2D eigenvalue weighted by atomic mass is 10.4. The number of aromatic amines is 1. The summed E-state index contributed by atoms with van der Waals surface area (Å²) in [7, 11) is 0. The van der Waals surface area contributed by atoms with E-state index in [9.17, 15) is 9.59 Å². The lowest BCUT2D eigenvalue weighted by Gasteiger charge is -2.06. The van der Waals surface area contributed by atoms with Crippen LogP contribution >= 0.6 is 15.9 Å². The van der Waals surface area contributed by atoms with Gasteiger partial charge in [-0.15, -0.1) is 0 Å². The number of H-pyrrole nitrogens is 1. The van der Waals surface area contributed by atoms with Crippen LogP contribution in [0.1, 0.15) is 12.6 Å². The molecule has 1 rings (SSSR count). The minimum atomic E-state index is -0.373. The van der Waals surface area contributed by atoms with Crippen molar-refractivity contribution in [1.82, 2.24) is 9.55 Å². The maximum absolute atomic E-state index is 11.1. The van der Waals surface area contributed by atoms with Crippen molar-refractivity contribution in [3.05, 3.63) is 31.0 Å². The second-order valence-electron chi connectivity index (χ2n) is 2.40. The van der Waals surface area contributed by atoms with Crippen molar-refractivity contribution in [2.45, 2.75) is 20.4 Å². The number of rotatable bonds is 1. The summed E-state index contributed by atoms with van der Waals surface area (Å²) in [4.78, 5) is 24.3. The van der Waals surface area contributed by atoms with Gasteiger partial charge in [-0.3, -0.25) is 14.3 Å². The van der Waals surface area contributed by atoms with Crippen LogP contribution in [0.2, 0.25) is 0 Å². The molecule has 0 saturated carbocycles. The first-order valence-electron chi connectivity index (χ1n) is 3.57. The molecular formula is C7H9BrN2O2. The van der Waals surface area contributed by atoms with Crippen LogP contribution in [0, 0.1) is 6.92 Å². The molecule has 0 aliphatic carbocycles. The van der Waals surface area contributed by atoms with E-state index < -0.39 is 0 Å². The maximum Gasteiger partial charge on any atom is 0.328 e. The van der Waals surface area contributed by atoms with E-state index in [1.165, 1.54) is 4.57 Å². The first-order valence-corrected chi connectivity index (χ1v) is 4.36. The van der Waals surface area contributed by atoms with Gasteiger partial charge in [0.25, 0.3) is 5.56 Å². The summed E-state index contributed by atoms with van der Waals surface area (Å²) in [5.74, 6) is 0. The summed E-state index contributed by atoms with van der Waals surface area (Å²) >= 11 is 3.10. The topological polar surface area (TPSA) is 54.9 Å². The Morgan fingerprint density at radius 1 is 1.50 bits per heavy atom. The molecule has 0 unspecified atom stereocenters. The number of hydrogen-bond donors (Lipinski definition) is 1. The van der Waals surface area contributed by atoms with Crippen LogP contribution in [0.3, 0.4) is 0 Å². The van der Waals surface area contributed by atoms with Gasteiger partial charge in [0.05, 0.1) is 0 Å². The smallest absolute Gasteiger partial charge is 0.297 e. The highest BCUT2D eigenvalue weighted by Crippen LogP contribution is 2.06. The zero-order valence-electron chi connectivity index (χ0n) is 6.85. The van der Waals surface area contributed by atoms with Crippen LogP contribution in [0.4, 0.5) is 0 Å². The zero-order chi connectivity index (χ0) is 9.30. The first-order chi connectivity index (χ1) is 5.57. The SMILES string of the molecule is CCn1c(C)c(Br)c(=O)[nH]c1=O. The molecule has 0 atom stereocenters. The second-order valence-corrected chi connectivity index (χ2v) is 3.20. The van der Waals surface area contributed by atoms with Crippen molar-refractivity contribution in [2.24, 2.45) is 0 Å². The van der Waals surface area contributed by atoms with Crippen LogP contribution in [0.15, 0.2) is 14.1 Å². The minimum absolute atomic E-state index is 0.358. The average molecular weight is 233 g/mol. The van der Waals surface area contributed by atoms with E-state index in [-0.39, 0.29) is 11.2 Å². The van der Waals surface area contributed by atoms with E-state index in [1.54, 1.807) is 6.92 Å². The fourth-order valence-electron chi connectivity index (χ4n) is 1.04. The van der Waals surface area contributed by atoms with Crippen molar-refractivity contribution < 1.29 is 0 Å². The Balaban J connectivity index is 3.63. The predicted octanol–water partition coefficient (Wildman–Crippen LogP) is 0.627. The van der Waals surface area contributed by atoms with Gasteiger partial charge in [-0.05, 0) is 29.8 Å². The van der Waals surface area contributed by atoms with Gasteiger partial charge in [0.15, 0.2) is 0 Å². The lowest BCUT2D eigenvalue weighted by Crippen LogP contribution is -2.31. The second kappa shape index (κ2) is 3.26. The lowest BCUT2D eigenvalue weighted by molar-refractivity contribution is 0.664. The molecule has 0 saturated heterocycles. The Labute approximate surface area is 77.4 Å². The monoisotopic (exact) mass is 232 g/mol. The van der Waals surface area contributed by atoms with Crippen molar-refractivity contribution in [2.75, 3.05) is 0 Å². The van der Waals surface area contributed by atoms with Gasteiger partial charge in [0.2, 0.25) is 0 Å². The molecule has 12 heavy (non-hydrogen) atoms. The highest BCUT2D eigenvalue weighted by molar-refractivity contribution is 9.10. The summed E-state index contributed by atoms with van der Waals surface area (Å²) in [5, 5.41) is 0. The van der Waals surface area contributed by atoms with Crippen molar-refractivity contribution in [3.63, 3.8) is 0 Å². The normalized spacial score (nSPS) is 10.2. The number of nitrogens with one attached hydrogen (secondary N) is 1. The van der Waals surface area contributed by atoms with E-state index in [4.69, 9.17) is 0 Å². The molecule has 0 aromatic carbocycles. The summed E-state index contributed by atoms with van der Waals surface area (Å²) in [5.41, 5.74) is -0.0725. The maximum atomic E-state index is 11.1. The molecule has 0 bridgehead atoms. The summed E-state index contributed by atoms with van der Waals surface area (Å²) in [6.07, 6.45) is 0. The fourth-order valence-corrected chi connectivity index (χ4v) is 1.35. The Bertz CT molecular complexity index is 405. The van der Waals surface area contributed by atoms with Crippen LogP contribution in [0.5, 0.6) is 0 Å². The van der Waals surface area contributed by atoms with Crippen molar-refractivity contribution in [3.8, 4) is 0 Å². The Morgan fingerprint density at radius 3 is 2.58 bits per heavy atom. The van der Waals surface area contributed by atoms with E-state index in [2.05, 4.69) is 20.9 Å². The molecule has 1 aromatic heterocycles. The Morgan fingerprint density at radius 2 is 2.08 bits per heavy atom. The molecule has 0 amide bonds. The van der Waals surface area contributed by atoms with Crippen LogP contribution in [-0.2, 0) is 6.54 Å². The molecule has 1 heterocycles. The molecule has 5 heteroatoms. The summed E-state index contributed by atoms with van der Waals surface area (Å²) < 4.78 is 1.91. The highest BCUT2D eigenvalue weighted by Gasteiger charge is 2.05. The number of aromatic nitrogens is 2. The highest BCUT2D eigenvalue weighted by atomic mass is 79.9. The molecule has 0 fully saturated rings. The predicted molar refractivity (Wildman–Crippen MR) is 49.4 cm³/mol. The third-order valence-electron chi connectivity index (χ3n) is 1.70. The molecule has 66 valence electrons. The van der Waals surface area contributed by atoms with E-state index >= 15 is 0 Å². The van der Waals surface area contributed by atoms with E-state index in [0.717, 1.165) is 0 Å². The standard InChI is InChI=1S/C7H9BrN2O2/c1-3-10-4(2)5(8)6(11)9-7(10)12/h3H2,1-2H3,(H,9,11,12). The van der Waals surface area contributed by atoms with Gasteiger partial charge in [-0.25, -0.2) is 4.79 Å². The number of halogens is 1. The molecule has 0 aliphatic rings. The molecule has 4 nitrogen and oxygen atoms in total. The zero-order valence-corrected chi connectivity index (χ0v) is 8.43. The number of hydrogen-bond acceptors (Lipinski definition) is 2. The van der Waals surface area contributed by atoms with Gasteiger partial charge in [-0.2, -0.15) is 0 Å². The minimum Gasteiger partial charge on any atom is -0.297 e. The van der Waals surface area contributed by atoms with Crippen LogP contribution < -0.4 is 11.2 Å². The van der Waals surface area contributed by atoms with Crippen LogP contribution in [0.25, 0.3) is 0 Å². The largest absolute Gasteiger partial charge is 0.328 e. The third-order valence-corrected chi connectivity index (χ3v) is 2.64. The first kappa shape index (κ1) is 9.25. The Kier molecular flexibility index (Phi) is 2.52. The Hall–Kier alpha value is -0.840. The fraction of sp³-hybridized carbons (Fsp3) is 0.429. The van der Waals surface area contributed by atoms with Gasteiger partial charge < -0.3 is 0 Å². The van der Waals surface area contributed by atoms with E-state index in [1.807, 2.05) is 6.92 Å². The molecule has 0 aliphatic heterocycles. The molecule has 0 spiro atoms. The van der Waals surface area contributed by atoms with Gasteiger partial charge >= 0.3 is 5.69 Å². The third kappa shape index (κ3) is 1.36. The molecule has 1 N–H and O–H groups in total. The quantitative estimate of drug-likeness (QED) is 0.773. The summed E-state index contributed by atoms with van der Waals surface area (Å²) in [6.45, 7) is 4.13. The molecular weight excluding hydrogens is 224 g/mol. The average Bonchev–Trinajstić information content (AvgIpc) is 2.01. The molecule has 1 aromatic rings. The van der Waals surface area contributed by atoms with Gasteiger partial charge in [-0.1, -0.05) is 0 Å². The van der Waals surface area contributed by atoms with E-state index in [0.29, 0.717) is 16.7 Å². The number of nitrogens with zero attached hydrogens (tertiary/aromatic N) is 1. The van der Waals surface area contributed by atoms with Gasteiger partial charge in [0, 0.05) is 12.2 Å². The van der Waals surface area contributed by atoms with Crippen molar-refractivity contribution >= 4 is 15.9 Å². The van der Waals surface area contributed by atoms with Gasteiger partial charge in [0.1, 0.15) is 4.47 Å². The molecule has 0 radical (unpaired) electrons. The summed E-state index contributed by atoms with van der Waals surface area (Å²) in [6, 6.07) is 0. The van der Waals surface area contributed by atoms with Crippen LogP contribution in [-0.4, -0.2) is 9.55 Å². The van der Waals surface area contributed by atoms with Crippen molar-refractivity contribution in [1.29, 1.82) is 0 Å².